The SMILES string of the molecule is CCOc1cc(/C=N\NC(=O)COc2ccc(Cl)cc2)ccc1OS(=O)(=O)c1ccc(C)cc1. The number of carbonyl (C=O) groups excluding carboxylic acids is 1. The lowest BCUT2D eigenvalue weighted by molar-refractivity contribution is -0.123. The number of carbonyl (C=O) groups is 1. The van der Waals surface area contributed by atoms with Gasteiger partial charge in [-0.3, -0.25) is 4.79 Å². The number of amides is 1. The van der Waals surface area contributed by atoms with E-state index in [2.05, 4.69) is 10.5 Å². The summed E-state index contributed by atoms with van der Waals surface area (Å²) in [4.78, 5) is 12.0. The highest BCUT2D eigenvalue weighted by atomic mass is 35.5. The lowest BCUT2D eigenvalue weighted by Gasteiger charge is -2.12. The summed E-state index contributed by atoms with van der Waals surface area (Å²) in [6.45, 7) is 3.69. The van der Waals surface area contributed by atoms with Gasteiger partial charge in [0.2, 0.25) is 0 Å². The molecule has 0 aliphatic heterocycles. The molecule has 0 unspecified atom stereocenters. The standard InChI is InChI=1S/C24H23ClN2O6S/c1-3-31-23-14-18(15-26-27-24(28)16-32-20-9-7-19(25)8-10-20)6-13-22(23)33-34(29,30)21-11-4-17(2)5-12-21/h4-15H,3,16H2,1-2H3,(H,27,28)/b26-15-. The first-order valence-corrected chi connectivity index (χ1v) is 12.0. The second-order valence-electron chi connectivity index (χ2n) is 7.03. The molecular weight excluding hydrogens is 480 g/mol. The number of benzene rings is 3. The van der Waals surface area contributed by atoms with Crippen LogP contribution < -0.4 is 19.1 Å². The van der Waals surface area contributed by atoms with Crippen LogP contribution in [0.1, 0.15) is 18.1 Å². The van der Waals surface area contributed by atoms with Crippen molar-refractivity contribution in [1.82, 2.24) is 5.43 Å². The topological polar surface area (TPSA) is 103 Å². The van der Waals surface area contributed by atoms with Gasteiger partial charge in [0, 0.05) is 5.02 Å². The number of aryl methyl sites for hydroxylation is 1. The van der Waals surface area contributed by atoms with Crippen LogP contribution in [0.5, 0.6) is 17.2 Å². The third-order valence-corrected chi connectivity index (χ3v) is 5.86. The molecule has 3 aromatic carbocycles. The van der Waals surface area contributed by atoms with Crippen molar-refractivity contribution in [3.05, 3.63) is 82.9 Å². The highest BCUT2D eigenvalue weighted by molar-refractivity contribution is 7.87. The Morgan fingerprint density at radius 1 is 1.00 bits per heavy atom. The average molecular weight is 503 g/mol. The molecule has 10 heteroatoms. The predicted octanol–water partition coefficient (Wildman–Crippen LogP) is 4.34. The van der Waals surface area contributed by atoms with Crippen molar-refractivity contribution in [2.45, 2.75) is 18.7 Å². The van der Waals surface area contributed by atoms with E-state index in [1.54, 1.807) is 55.5 Å². The smallest absolute Gasteiger partial charge is 0.339 e. The van der Waals surface area contributed by atoms with Crippen LogP contribution in [0, 0.1) is 6.92 Å². The number of halogens is 1. The molecule has 0 saturated heterocycles. The lowest BCUT2D eigenvalue weighted by atomic mass is 10.2. The minimum Gasteiger partial charge on any atom is -0.490 e. The first kappa shape index (κ1) is 25.1. The summed E-state index contributed by atoms with van der Waals surface area (Å²) in [5.74, 6) is 0.306. The zero-order valence-corrected chi connectivity index (χ0v) is 20.1. The number of hydrazone groups is 1. The highest BCUT2D eigenvalue weighted by Crippen LogP contribution is 2.31. The molecule has 0 saturated carbocycles. The summed E-state index contributed by atoms with van der Waals surface area (Å²) in [5, 5.41) is 4.46. The Balaban J connectivity index is 1.63. The molecule has 0 spiro atoms. The molecule has 0 aliphatic carbocycles. The van der Waals surface area contributed by atoms with Gasteiger partial charge < -0.3 is 13.7 Å². The Morgan fingerprint density at radius 2 is 1.71 bits per heavy atom. The van der Waals surface area contributed by atoms with Crippen LogP contribution in [0.15, 0.2) is 76.7 Å². The zero-order valence-electron chi connectivity index (χ0n) is 18.5. The van der Waals surface area contributed by atoms with E-state index in [1.807, 2.05) is 6.92 Å². The van der Waals surface area contributed by atoms with Gasteiger partial charge in [0.15, 0.2) is 18.1 Å². The molecule has 0 aliphatic rings. The molecule has 1 amide bonds. The van der Waals surface area contributed by atoms with Crippen LogP contribution in [0.4, 0.5) is 0 Å². The zero-order chi connectivity index (χ0) is 24.6. The molecule has 34 heavy (non-hydrogen) atoms. The van der Waals surface area contributed by atoms with Gasteiger partial charge in [-0.15, -0.1) is 0 Å². The third-order valence-electron chi connectivity index (χ3n) is 4.36. The van der Waals surface area contributed by atoms with Crippen molar-refractivity contribution >= 4 is 33.8 Å². The molecule has 0 bridgehead atoms. The van der Waals surface area contributed by atoms with E-state index < -0.39 is 16.0 Å². The molecule has 3 aromatic rings. The second-order valence-corrected chi connectivity index (χ2v) is 9.01. The van der Waals surface area contributed by atoms with Gasteiger partial charge in [-0.05, 0) is 74.0 Å². The number of ether oxygens (including phenoxy) is 2. The normalized spacial score (nSPS) is 11.3. The van der Waals surface area contributed by atoms with E-state index in [9.17, 15) is 13.2 Å². The van der Waals surface area contributed by atoms with Crippen LogP contribution >= 0.6 is 11.6 Å². The fourth-order valence-corrected chi connectivity index (χ4v) is 3.77. The number of hydrogen-bond acceptors (Lipinski definition) is 7. The Morgan fingerprint density at radius 3 is 2.38 bits per heavy atom. The molecule has 8 nitrogen and oxygen atoms in total. The van der Waals surface area contributed by atoms with Crippen molar-refractivity contribution in [2.75, 3.05) is 13.2 Å². The van der Waals surface area contributed by atoms with Crippen molar-refractivity contribution < 1.29 is 26.9 Å². The molecule has 0 aromatic heterocycles. The van der Waals surface area contributed by atoms with Crippen molar-refractivity contribution in [3.8, 4) is 17.2 Å². The summed E-state index contributed by atoms with van der Waals surface area (Å²) < 4.78 is 41.4. The fraction of sp³-hybridized carbons (Fsp3) is 0.167. The fourth-order valence-electron chi connectivity index (χ4n) is 2.70. The molecular formula is C24H23ClN2O6S. The van der Waals surface area contributed by atoms with Gasteiger partial charge in [0.05, 0.1) is 12.8 Å². The number of rotatable bonds is 10. The van der Waals surface area contributed by atoms with Crippen LogP contribution in [0.25, 0.3) is 0 Å². The maximum absolute atomic E-state index is 12.6. The van der Waals surface area contributed by atoms with Gasteiger partial charge in [-0.1, -0.05) is 29.3 Å². The van der Waals surface area contributed by atoms with Crippen LogP contribution in [-0.2, 0) is 14.9 Å². The maximum atomic E-state index is 12.6. The Hall–Kier alpha value is -3.56. The summed E-state index contributed by atoms with van der Waals surface area (Å²) in [6, 6.07) is 17.5. The first-order chi connectivity index (χ1) is 16.3. The van der Waals surface area contributed by atoms with Gasteiger partial charge in [0.25, 0.3) is 5.91 Å². The van der Waals surface area contributed by atoms with Gasteiger partial charge >= 0.3 is 10.1 Å². The van der Waals surface area contributed by atoms with Crippen molar-refractivity contribution in [2.24, 2.45) is 5.10 Å². The van der Waals surface area contributed by atoms with Gasteiger partial charge in [-0.2, -0.15) is 13.5 Å². The molecule has 1 N–H and O–H groups in total. The summed E-state index contributed by atoms with van der Waals surface area (Å²) >= 11 is 5.81. The minimum atomic E-state index is -4.04. The van der Waals surface area contributed by atoms with E-state index in [-0.39, 0.29) is 23.0 Å². The largest absolute Gasteiger partial charge is 0.490 e. The number of hydrogen-bond donors (Lipinski definition) is 1. The van der Waals surface area contributed by atoms with Gasteiger partial charge in [0.1, 0.15) is 10.6 Å². The van der Waals surface area contributed by atoms with Crippen LogP contribution in [-0.4, -0.2) is 33.8 Å². The Kier molecular flexibility index (Phi) is 8.50. The Labute approximate surface area is 203 Å². The maximum Gasteiger partial charge on any atom is 0.339 e. The third kappa shape index (κ3) is 7.23. The van der Waals surface area contributed by atoms with E-state index in [0.29, 0.717) is 22.9 Å². The van der Waals surface area contributed by atoms with Crippen molar-refractivity contribution in [1.29, 1.82) is 0 Å². The minimum absolute atomic E-state index is 0.0368. The number of nitrogens with zero attached hydrogens (tertiary/aromatic N) is 1. The molecule has 178 valence electrons. The second kappa shape index (κ2) is 11.5. The van der Waals surface area contributed by atoms with E-state index in [0.717, 1.165) is 5.56 Å². The quantitative estimate of drug-likeness (QED) is 0.251. The highest BCUT2D eigenvalue weighted by Gasteiger charge is 2.19. The lowest BCUT2D eigenvalue weighted by Crippen LogP contribution is -2.24. The molecule has 0 fully saturated rings. The van der Waals surface area contributed by atoms with E-state index >= 15 is 0 Å². The molecule has 0 radical (unpaired) electrons. The first-order valence-electron chi connectivity index (χ1n) is 10.2. The monoisotopic (exact) mass is 502 g/mol. The van der Waals surface area contributed by atoms with E-state index in [4.69, 9.17) is 25.3 Å². The molecule has 0 atom stereocenters. The van der Waals surface area contributed by atoms with Crippen LogP contribution in [0.2, 0.25) is 5.02 Å². The molecule has 3 rings (SSSR count). The van der Waals surface area contributed by atoms with Crippen molar-refractivity contribution in [3.63, 3.8) is 0 Å². The Bertz CT molecular complexity index is 1260. The number of nitrogens with one attached hydrogen (secondary N) is 1. The molecule has 0 heterocycles. The summed E-state index contributed by atoms with van der Waals surface area (Å²) in [7, 11) is -4.04. The summed E-state index contributed by atoms with van der Waals surface area (Å²) in [6.07, 6.45) is 1.39. The van der Waals surface area contributed by atoms with Crippen LogP contribution in [0.3, 0.4) is 0 Å². The average Bonchev–Trinajstić information content (AvgIpc) is 2.81. The van der Waals surface area contributed by atoms with Gasteiger partial charge in [-0.25, -0.2) is 5.43 Å². The summed E-state index contributed by atoms with van der Waals surface area (Å²) in [5.41, 5.74) is 3.84. The van der Waals surface area contributed by atoms with E-state index in [1.165, 1.54) is 24.4 Å². The predicted molar refractivity (Wildman–Crippen MR) is 129 cm³/mol.